The van der Waals surface area contributed by atoms with Gasteiger partial charge < -0.3 is 75.0 Å². The number of aliphatic hydroxyl groups excluding tert-OH is 3. The SMILES string of the molecule is CC1NC(=NCCCC(N)C(=O)O)NC1=O.Cc1nc(NCCCC(N)C(=O)O)nc(C)c1O.NC(N)=NCCCC(N)C(=O)O.O=CC(=O)CC(O)C(O)CO. The second-order valence-corrected chi connectivity index (χ2v) is 12.3. The fourth-order valence-electron chi connectivity index (χ4n) is 3.83. The van der Waals surface area contributed by atoms with Crippen molar-refractivity contribution in [3.8, 4) is 5.75 Å². The summed E-state index contributed by atoms with van der Waals surface area (Å²) in [6.45, 7) is 5.88. The van der Waals surface area contributed by atoms with Crippen LogP contribution in [-0.4, -0.2) is 156 Å². The molecule has 0 aliphatic carbocycles. The number of nitrogens with two attached hydrogens (primary N) is 5. The topological polar surface area (TPSA) is 461 Å². The summed E-state index contributed by atoms with van der Waals surface area (Å²) in [6.07, 6.45) is -0.223. The number of amides is 1. The minimum absolute atomic E-state index is 0.0129. The third-order valence-electron chi connectivity index (χ3n) is 7.23. The van der Waals surface area contributed by atoms with E-state index in [0.717, 1.165) is 0 Å². The molecule has 1 aromatic rings. The number of carbonyl (C=O) groups is 6. The largest absolute Gasteiger partial charge is 0.504 e. The number of rotatable bonds is 21. The molecule has 324 valence electrons. The number of aromatic nitrogens is 2. The number of aliphatic hydroxyl groups is 3. The van der Waals surface area contributed by atoms with Crippen molar-refractivity contribution in [2.24, 2.45) is 38.7 Å². The van der Waals surface area contributed by atoms with Crippen molar-refractivity contribution >= 4 is 53.8 Å². The molecule has 0 bridgehead atoms. The fraction of sp³-hybridized carbons (Fsp3) is 0.625. The number of nitrogens with zero attached hydrogens (tertiary/aromatic N) is 4. The van der Waals surface area contributed by atoms with Gasteiger partial charge in [0, 0.05) is 26.1 Å². The van der Waals surface area contributed by atoms with Gasteiger partial charge in [0.1, 0.15) is 30.3 Å². The maximum Gasteiger partial charge on any atom is 0.320 e. The Morgan fingerprint density at radius 1 is 0.860 bits per heavy atom. The summed E-state index contributed by atoms with van der Waals surface area (Å²) in [5, 5.41) is 69.2. The summed E-state index contributed by atoms with van der Waals surface area (Å²) in [5.41, 5.74) is 27.0. The Morgan fingerprint density at radius 3 is 1.74 bits per heavy atom. The molecule has 1 aliphatic heterocycles. The second kappa shape index (κ2) is 29.7. The van der Waals surface area contributed by atoms with Crippen LogP contribution in [0, 0.1) is 13.8 Å². The summed E-state index contributed by atoms with van der Waals surface area (Å²) < 4.78 is 0. The second-order valence-electron chi connectivity index (χ2n) is 12.3. The lowest BCUT2D eigenvalue weighted by molar-refractivity contribution is -0.139. The van der Waals surface area contributed by atoms with Crippen LogP contribution in [0.15, 0.2) is 9.98 Å². The molecule has 57 heavy (non-hydrogen) atoms. The van der Waals surface area contributed by atoms with E-state index in [1.54, 1.807) is 20.8 Å². The molecule has 1 amide bonds. The summed E-state index contributed by atoms with van der Waals surface area (Å²) in [4.78, 5) is 78.1. The number of hydrogen-bond acceptors (Lipinski definition) is 18. The first-order valence-corrected chi connectivity index (χ1v) is 17.4. The van der Waals surface area contributed by atoms with E-state index in [1.807, 2.05) is 0 Å². The normalized spacial score (nSPS) is 16.1. The van der Waals surface area contributed by atoms with Crippen LogP contribution < -0.4 is 44.6 Å². The van der Waals surface area contributed by atoms with Crippen LogP contribution in [0.4, 0.5) is 5.95 Å². The van der Waals surface area contributed by atoms with Crippen LogP contribution in [0.2, 0.25) is 0 Å². The van der Waals surface area contributed by atoms with Crippen molar-refractivity contribution in [3.05, 3.63) is 11.4 Å². The van der Waals surface area contributed by atoms with Gasteiger partial charge in [-0.05, 0) is 59.3 Å². The first-order chi connectivity index (χ1) is 26.6. The molecular formula is C32H58N12O13. The molecule has 6 atom stereocenters. The number of nitrogens with one attached hydrogen (secondary N) is 3. The highest BCUT2D eigenvalue weighted by Crippen LogP contribution is 2.18. The first-order valence-electron chi connectivity index (χ1n) is 17.4. The minimum atomic E-state index is -1.36. The van der Waals surface area contributed by atoms with Gasteiger partial charge in [0.15, 0.2) is 29.7 Å². The summed E-state index contributed by atoms with van der Waals surface area (Å²) in [6, 6.07) is -2.76. The molecule has 2 heterocycles. The van der Waals surface area contributed by atoms with Gasteiger partial charge >= 0.3 is 17.9 Å². The van der Waals surface area contributed by atoms with Gasteiger partial charge in [-0.1, -0.05) is 0 Å². The molecule has 1 saturated heterocycles. The standard InChI is InChI=1S/C11H18N4O3.C9H16N4O3.C6H14N4O2.C6H10O5/c1-6-9(16)7(2)15-11(14-6)13-5-3-4-8(12)10(17)18;1-5-7(14)13-9(12-5)11-4-2-3-6(10)8(15)16;7-4(5(11)12)2-1-3-10-6(8)9;7-2-4(9)1-5(10)6(11)3-8/h8,16H,3-5,12H2,1-2H3,(H,17,18)(H,13,14,15);5-6H,2-4,10H2,1H3,(H,15,16)(H2,11,12,13,14);4H,1-3,7H2,(H,11,12)(H4,8,9,10);2,5-6,8,10-11H,1,3H2. The van der Waals surface area contributed by atoms with Gasteiger partial charge in [0.2, 0.25) is 11.9 Å². The number of carboxylic acid groups (broad SMARTS) is 3. The van der Waals surface area contributed by atoms with Crippen LogP contribution in [0.3, 0.4) is 0 Å². The Bertz CT molecular complexity index is 1470. The summed E-state index contributed by atoms with van der Waals surface area (Å²) >= 11 is 0. The highest BCUT2D eigenvalue weighted by Gasteiger charge is 2.23. The summed E-state index contributed by atoms with van der Waals surface area (Å²) in [5.74, 6) is -2.94. The zero-order valence-electron chi connectivity index (χ0n) is 32.1. The highest BCUT2D eigenvalue weighted by molar-refractivity contribution is 6.25. The Labute approximate surface area is 328 Å². The van der Waals surface area contributed by atoms with Crippen molar-refractivity contribution < 1.29 is 64.5 Å². The average molecular weight is 819 g/mol. The number of aryl methyl sites for hydroxylation is 2. The monoisotopic (exact) mass is 818 g/mol. The van der Waals surface area contributed by atoms with E-state index in [-0.39, 0.29) is 29.9 Å². The molecule has 0 aromatic carbocycles. The van der Waals surface area contributed by atoms with Crippen molar-refractivity contribution in [2.45, 2.75) is 102 Å². The minimum Gasteiger partial charge on any atom is -0.504 e. The number of guanidine groups is 2. The molecule has 0 saturated carbocycles. The van der Waals surface area contributed by atoms with E-state index < -0.39 is 67.1 Å². The number of aliphatic imine (C=N–C) groups is 2. The van der Waals surface area contributed by atoms with E-state index in [0.29, 0.717) is 81.5 Å². The fourth-order valence-corrected chi connectivity index (χ4v) is 3.83. The molecule has 0 radical (unpaired) electrons. The number of anilines is 1. The first kappa shape index (κ1) is 53.5. The predicted molar refractivity (Wildman–Crippen MR) is 205 cm³/mol. The van der Waals surface area contributed by atoms with Crippen LogP contribution in [0.25, 0.3) is 0 Å². The average Bonchev–Trinajstić information content (AvgIpc) is 3.47. The number of Topliss-reactive ketones (excluding diaryl/α,β-unsaturated/α-hetero) is 1. The molecule has 25 nitrogen and oxygen atoms in total. The summed E-state index contributed by atoms with van der Waals surface area (Å²) in [7, 11) is 0. The van der Waals surface area contributed by atoms with E-state index in [4.69, 9.17) is 59.3 Å². The molecule has 1 aromatic heterocycles. The van der Waals surface area contributed by atoms with Crippen LogP contribution in [0.5, 0.6) is 5.75 Å². The van der Waals surface area contributed by atoms with Crippen molar-refractivity contribution in [1.29, 1.82) is 0 Å². The molecule has 2 rings (SSSR count). The van der Waals surface area contributed by atoms with Gasteiger partial charge in [0.05, 0.1) is 24.1 Å². The van der Waals surface area contributed by atoms with Gasteiger partial charge in [-0.25, -0.2) is 9.97 Å². The number of ketones is 1. The Hall–Kier alpha value is -5.60. The molecule has 0 spiro atoms. The van der Waals surface area contributed by atoms with Gasteiger partial charge in [-0.2, -0.15) is 0 Å². The predicted octanol–water partition coefficient (Wildman–Crippen LogP) is -4.64. The maximum atomic E-state index is 11.1. The third-order valence-corrected chi connectivity index (χ3v) is 7.23. The highest BCUT2D eigenvalue weighted by atomic mass is 16.4. The molecular weight excluding hydrogens is 760 g/mol. The molecule has 1 aliphatic rings. The zero-order chi connectivity index (χ0) is 44.2. The lowest BCUT2D eigenvalue weighted by Gasteiger charge is -2.12. The quantitative estimate of drug-likeness (QED) is 0.0182. The van der Waals surface area contributed by atoms with Crippen LogP contribution in [-0.2, 0) is 28.8 Å². The number of aldehydes is 1. The van der Waals surface area contributed by atoms with Crippen molar-refractivity contribution in [2.75, 3.05) is 31.6 Å². The lowest BCUT2D eigenvalue weighted by Crippen LogP contribution is -2.31. The van der Waals surface area contributed by atoms with Gasteiger partial charge in [-0.15, -0.1) is 0 Å². The molecule has 25 heteroatoms. The van der Waals surface area contributed by atoms with Gasteiger partial charge in [0.25, 0.3) is 0 Å². The third kappa shape index (κ3) is 26.0. The van der Waals surface area contributed by atoms with Crippen molar-refractivity contribution in [3.63, 3.8) is 0 Å². The van der Waals surface area contributed by atoms with E-state index in [9.17, 15) is 33.9 Å². The van der Waals surface area contributed by atoms with Gasteiger partial charge in [-0.3, -0.25) is 44.1 Å². The number of aliphatic carboxylic acids is 3. The Balaban J connectivity index is 0. The van der Waals surface area contributed by atoms with E-state index in [1.165, 1.54) is 0 Å². The Morgan fingerprint density at radius 2 is 1.33 bits per heavy atom. The number of carbonyl (C=O) groups excluding carboxylic acids is 3. The number of carboxylic acids is 3. The van der Waals surface area contributed by atoms with E-state index in [2.05, 4.69) is 35.9 Å². The lowest BCUT2D eigenvalue weighted by atomic mass is 10.1. The van der Waals surface area contributed by atoms with Crippen molar-refractivity contribution in [1.82, 2.24) is 20.6 Å². The van der Waals surface area contributed by atoms with Crippen LogP contribution in [0.1, 0.15) is 63.3 Å². The number of aromatic hydroxyl groups is 1. The van der Waals surface area contributed by atoms with E-state index >= 15 is 0 Å². The zero-order valence-corrected chi connectivity index (χ0v) is 32.1. The molecule has 20 N–H and O–H groups in total. The Kier molecular flexibility index (Phi) is 27.8. The smallest absolute Gasteiger partial charge is 0.320 e. The maximum absolute atomic E-state index is 11.1. The van der Waals surface area contributed by atoms with Crippen LogP contribution >= 0.6 is 0 Å². The molecule has 1 fully saturated rings. The molecule has 6 unspecified atom stereocenters. The number of hydrogen-bond donors (Lipinski definition) is 15.